The molecule has 1 saturated carbocycles. The molecule has 17 heavy (non-hydrogen) atoms. The van der Waals surface area contributed by atoms with Gasteiger partial charge in [-0.05, 0) is 43.1 Å². The molecule has 0 saturated heterocycles. The lowest BCUT2D eigenvalue weighted by atomic mass is 9.75. The van der Waals surface area contributed by atoms with E-state index in [1.165, 1.54) is 18.9 Å². The van der Waals surface area contributed by atoms with Gasteiger partial charge in [0.2, 0.25) is 6.29 Å². The predicted octanol–water partition coefficient (Wildman–Crippen LogP) is 2.90. The first kappa shape index (κ1) is 12.6. The SMILES string of the molecule is CC(C)[C@@H]1C[C@H](C)CC[C@@H]1O[C@H]1C=CC(=O)O1. The minimum absolute atomic E-state index is 0.228. The maximum Gasteiger partial charge on any atom is 0.333 e. The van der Waals surface area contributed by atoms with Gasteiger partial charge >= 0.3 is 5.97 Å². The van der Waals surface area contributed by atoms with Crippen LogP contribution in [0.3, 0.4) is 0 Å². The van der Waals surface area contributed by atoms with Gasteiger partial charge in [0.05, 0.1) is 6.10 Å². The van der Waals surface area contributed by atoms with E-state index in [9.17, 15) is 4.79 Å². The third-order valence-corrected chi connectivity index (χ3v) is 3.88. The topological polar surface area (TPSA) is 35.5 Å². The van der Waals surface area contributed by atoms with Crippen LogP contribution in [0.2, 0.25) is 0 Å². The number of ether oxygens (including phenoxy) is 2. The Kier molecular flexibility index (Phi) is 3.87. The van der Waals surface area contributed by atoms with Gasteiger partial charge < -0.3 is 9.47 Å². The van der Waals surface area contributed by atoms with E-state index in [0.29, 0.717) is 11.8 Å². The minimum Gasteiger partial charge on any atom is -0.429 e. The molecule has 0 aromatic heterocycles. The second kappa shape index (κ2) is 5.21. The van der Waals surface area contributed by atoms with Crippen molar-refractivity contribution in [2.75, 3.05) is 0 Å². The second-order valence-electron chi connectivity index (χ2n) is 5.67. The highest BCUT2D eigenvalue weighted by Crippen LogP contribution is 2.36. The summed E-state index contributed by atoms with van der Waals surface area (Å²) in [4.78, 5) is 11.0. The summed E-state index contributed by atoms with van der Waals surface area (Å²) in [6.45, 7) is 6.80. The molecule has 4 atom stereocenters. The fourth-order valence-electron chi connectivity index (χ4n) is 2.86. The van der Waals surface area contributed by atoms with Crippen LogP contribution in [0.1, 0.15) is 40.0 Å². The average Bonchev–Trinajstić information content (AvgIpc) is 2.66. The number of rotatable bonds is 3. The van der Waals surface area contributed by atoms with Crippen molar-refractivity contribution >= 4 is 5.97 Å². The number of carbonyl (C=O) groups excluding carboxylic acids is 1. The first-order valence-electron chi connectivity index (χ1n) is 6.60. The van der Waals surface area contributed by atoms with E-state index < -0.39 is 6.29 Å². The van der Waals surface area contributed by atoms with Crippen molar-refractivity contribution in [2.24, 2.45) is 17.8 Å². The maximum absolute atomic E-state index is 11.0. The van der Waals surface area contributed by atoms with Crippen LogP contribution in [0.5, 0.6) is 0 Å². The first-order chi connectivity index (χ1) is 8.06. The Bertz CT molecular complexity index is 309. The molecular weight excluding hydrogens is 216 g/mol. The summed E-state index contributed by atoms with van der Waals surface area (Å²) < 4.78 is 11.0. The molecule has 0 aromatic rings. The Morgan fingerprint density at radius 3 is 2.76 bits per heavy atom. The molecule has 2 rings (SSSR count). The van der Waals surface area contributed by atoms with E-state index in [4.69, 9.17) is 9.47 Å². The fraction of sp³-hybridized carbons (Fsp3) is 0.786. The molecule has 0 unspecified atom stereocenters. The van der Waals surface area contributed by atoms with Crippen LogP contribution in [0.25, 0.3) is 0 Å². The van der Waals surface area contributed by atoms with Crippen LogP contribution in [-0.4, -0.2) is 18.4 Å². The summed E-state index contributed by atoms with van der Waals surface area (Å²) in [6, 6.07) is 0. The third-order valence-electron chi connectivity index (χ3n) is 3.88. The molecule has 0 bridgehead atoms. The second-order valence-corrected chi connectivity index (χ2v) is 5.67. The fourth-order valence-corrected chi connectivity index (χ4v) is 2.86. The maximum atomic E-state index is 11.0. The molecule has 0 aromatic carbocycles. The highest BCUT2D eigenvalue weighted by molar-refractivity contribution is 5.84. The van der Waals surface area contributed by atoms with Crippen LogP contribution in [0.4, 0.5) is 0 Å². The molecule has 1 fully saturated rings. The van der Waals surface area contributed by atoms with Crippen molar-refractivity contribution < 1.29 is 14.3 Å². The van der Waals surface area contributed by atoms with Crippen molar-refractivity contribution in [3.63, 3.8) is 0 Å². The Hall–Kier alpha value is -0.830. The molecule has 0 N–H and O–H groups in total. The molecule has 3 heteroatoms. The number of hydrogen-bond donors (Lipinski definition) is 0. The van der Waals surface area contributed by atoms with Gasteiger partial charge in [0, 0.05) is 6.08 Å². The van der Waals surface area contributed by atoms with Crippen LogP contribution in [0.15, 0.2) is 12.2 Å². The standard InChI is InChI=1S/C14H22O3/c1-9(2)11-8-10(3)4-5-12(11)16-14-7-6-13(15)17-14/h6-7,9-12,14H,4-5,8H2,1-3H3/t10-,11+,12+,14-/m1/s1. The molecule has 1 aliphatic carbocycles. The quantitative estimate of drug-likeness (QED) is 0.709. The lowest BCUT2D eigenvalue weighted by molar-refractivity contribution is -0.177. The Labute approximate surface area is 103 Å². The number of hydrogen-bond acceptors (Lipinski definition) is 3. The van der Waals surface area contributed by atoms with E-state index >= 15 is 0 Å². The number of cyclic esters (lactones) is 1. The van der Waals surface area contributed by atoms with E-state index in [-0.39, 0.29) is 12.1 Å². The Morgan fingerprint density at radius 1 is 1.41 bits per heavy atom. The smallest absolute Gasteiger partial charge is 0.333 e. The van der Waals surface area contributed by atoms with Gasteiger partial charge in [-0.15, -0.1) is 0 Å². The summed E-state index contributed by atoms with van der Waals surface area (Å²) in [5.74, 6) is 1.68. The number of carbonyl (C=O) groups is 1. The van der Waals surface area contributed by atoms with Gasteiger partial charge in [0.15, 0.2) is 0 Å². The van der Waals surface area contributed by atoms with Crippen LogP contribution in [-0.2, 0) is 14.3 Å². The molecule has 0 radical (unpaired) electrons. The zero-order valence-corrected chi connectivity index (χ0v) is 10.9. The van der Waals surface area contributed by atoms with Gasteiger partial charge in [0.1, 0.15) is 0 Å². The van der Waals surface area contributed by atoms with Gasteiger partial charge in [0.25, 0.3) is 0 Å². The molecule has 0 amide bonds. The number of esters is 1. The Balaban J connectivity index is 1.94. The van der Waals surface area contributed by atoms with E-state index in [0.717, 1.165) is 12.3 Å². The average molecular weight is 238 g/mol. The van der Waals surface area contributed by atoms with Gasteiger partial charge in [-0.25, -0.2) is 4.79 Å². The largest absolute Gasteiger partial charge is 0.429 e. The summed E-state index contributed by atoms with van der Waals surface area (Å²) in [7, 11) is 0. The van der Waals surface area contributed by atoms with Crippen molar-refractivity contribution in [1.82, 2.24) is 0 Å². The first-order valence-corrected chi connectivity index (χ1v) is 6.60. The van der Waals surface area contributed by atoms with Crippen LogP contribution >= 0.6 is 0 Å². The zero-order chi connectivity index (χ0) is 12.4. The summed E-state index contributed by atoms with van der Waals surface area (Å²) in [5.41, 5.74) is 0. The van der Waals surface area contributed by atoms with Gasteiger partial charge in [-0.2, -0.15) is 0 Å². The van der Waals surface area contributed by atoms with Crippen LogP contribution in [0, 0.1) is 17.8 Å². The highest BCUT2D eigenvalue weighted by atomic mass is 16.7. The van der Waals surface area contributed by atoms with E-state index in [1.54, 1.807) is 6.08 Å². The monoisotopic (exact) mass is 238 g/mol. The zero-order valence-electron chi connectivity index (χ0n) is 10.9. The normalized spacial score (nSPS) is 37.5. The van der Waals surface area contributed by atoms with Crippen LogP contribution < -0.4 is 0 Å². The minimum atomic E-state index is -0.456. The van der Waals surface area contributed by atoms with Gasteiger partial charge in [-0.3, -0.25) is 0 Å². The lowest BCUT2D eigenvalue weighted by Gasteiger charge is -2.37. The van der Waals surface area contributed by atoms with Gasteiger partial charge in [-0.1, -0.05) is 20.8 Å². The molecule has 96 valence electrons. The molecule has 3 nitrogen and oxygen atoms in total. The summed E-state index contributed by atoms with van der Waals surface area (Å²) >= 11 is 0. The third kappa shape index (κ3) is 3.09. The lowest BCUT2D eigenvalue weighted by Crippen LogP contribution is -2.36. The van der Waals surface area contributed by atoms with Crippen molar-refractivity contribution in [3.8, 4) is 0 Å². The van der Waals surface area contributed by atoms with E-state index in [1.807, 2.05) is 0 Å². The van der Waals surface area contributed by atoms with Crippen molar-refractivity contribution in [3.05, 3.63) is 12.2 Å². The predicted molar refractivity (Wildman–Crippen MR) is 65.2 cm³/mol. The molecular formula is C14H22O3. The molecule has 0 spiro atoms. The molecule has 1 aliphatic heterocycles. The molecule has 2 aliphatic rings. The van der Waals surface area contributed by atoms with Crippen molar-refractivity contribution in [2.45, 2.75) is 52.4 Å². The highest BCUT2D eigenvalue weighted by Gasteiger charge is 2.34. The molecule has 1 heterocycles. The van der Waals surface area contributed by atoms with Crippen molar-refractivity contribution in [1.29, 1.82) is 0 Å². The summed E-state index contributed by atoms with van der Waals surface area (Å²) in [6.07, 6.45) is 6.42. The van der Waals surface area contributed by atoms with E-state index in [2.05, 4.69) is 20.8 Å². The summed E-state index contributed by atoms with van der Waals surface area (Å²) in [5, 5.41) is 0. The Morgan fingerprint density at radius 2 is 2.18 bits per heavy atom.